The first kappa shape index (κ1) is 19.5. The third-order valence-electron chi connectivity index (χ3n) is 5.49. The van der Waals surface area contributed by atoms with Crippen molar-refractivity contribution in [3.8, 4) is 0 Å². The molecule has 1 aromatic heterocycles. The number of nitrogens with zero attached hydrogens (tertiary/aromatic N) is 2. The Balaban J connectivity index is 1.45. The van der Waals surface area contributed by atoms with E-state index < -0.39 is 10.0 Å². The molecule has 0 saturated carbocycles. The van der Waals surface area contributed by atoms with Gasteiger partial charge in [-0.25, -0.2) is 13.4 Å². The zero-order valence-electron chi connectivity index (χ0n) is 16.0. The van der Waals surface area contributed by atoms with E-state index in [1.54, 1.807) is 35.6 Å². The highest BCUT2D eigenvalue weighted by atomic mass is 32.2. The molecule has 6 nitrogen and oxygen atoms in total. The normalized spacial score (nSPS) is 20.5. The molecule has 1 N–H and O–H groups in total. The SMILES string of the molecule is Cc1ccc(S(=O)(=O)N2CCCC(C(=O)Nc3nc4c(s3)CCCC4)C2)cc1. The van der Waals surface area contributed by atoms with E-state index in [-0.39, 0.29) is 23.3 Å². The van der Waals surface area contributed by atoms with Crippen LogP contribution in [0.15, 0.2) is 29.2 Å². The van der Waals surface area contributed by atoms with E-state index in [2.05, 4.69) is 10.3 Å². The van der Waals surface area contributed by atoms with Gasteiger partial charge in [0.1, 0.15) is 0 Å². The van der Waals surface area contributed by atoms with E-state index in [9.17, 15) is 13.2 Å². The summed E-state index contributed by atoms with van der Waals surface area (Å²) in [5.74, 6) is -0.482. The molecular weight excluding hydrogens is 394 g/mol. The van der Waals surface area contributed by atoms with Crippen LogP contribution in [0.25, 0.3) is 0 Å². The zero-order valence-corrected chi connectivity index (χ0v) is 17.6. The summed E-state index contributed by atoms with van der Waals surface area (Å²) in [5, 5.41) is 3.58. The molecule has 2 heterocycles. The molecule has 0 radical (unpaired) electrons. The van der Waals surface area contributed by atoms with E-state index in [1.165, 1.54) is 15.6 Å². The van der Waals surface area contributed by atoms with E-state index in [0.29, 0.717) is 24.5 Å². The first-order chi connectivity index (χ1) is 13.4. The molecule has 1 aliphatic heterocycles. The fourth-order valence-corrected chi connectivity index (χ4v) is 6.42. The number of amides is 1. The lowest BCUT2D eigenvalue weighted by atomic mass is 9.99. The van der Waals surface area contributed by atoms with Crippen LogP contribution in [0.1, 0.15) is 41.8 Å². The Bertz CT molecular complexity index is 944. The molecule has 1 unspecified atom stereocenters. The quantitative estimate of drug-likeness (QED) is 0.824. The number of carbonyl (C=O) groups excluding carboxylic acids is 1. The molecule has 4 rings (SSSR count). The summed E-state index contributed by atoms with van der Waals surface area (Å²) in [7, 11) is -3.58. The average Bonchev–Trinajstić information content (AvgIpc) is 3.10. The average molecular weight is 420 g/mol. The molecule has 1 fully saturated rings. The van der Waals surface area contributed by atoms with Crippen molar-refractivity contribution in [2.45, 2.75) is 50.3 Å². The van der Waals surface area contributed by atoms with Gasteiger partial charge in [-0.15, -0.1) is 11.3 Å². The summed E-state index contributed by atoms with van der Waals surface area (Å²) < 4.78 is 27.3. The molecule has 0 bridgehead atoms. The Hall–Kier alpha value is -1.77. The van der Waals surface area contributed by atoms with Crippen LogP contribution < -0.4 is 5.32 Å². The van der Waals surface area contributed by atoms with Gasteiger partial charge in [-0.2, -0.15) is 4.31 Å². The van der Waals surface area contributed by atoms with E-state index in [4.69, 9.17) is 0 Å². The predicted molar refractivity (Wildman–Crippen MR) is 110 cm³/mol. The number of fused-ring (bicyclic) bond motifs is 1. The molecule has 1 atom stereocenters. The molecule has 1 saturated heterocycles. The van der Waals surface area contributed by atoms with Crippen molar-refractivity contribution in [2.24, 2.45) is 5.92 Å². The molecule has 1 aliphatic carbocycles. The van der Waals surface area contributed by atoms with Gasteiger partial charge in [-0.3, -0.25) is 4.79 Å². The maximum absolute atomic E-state index is 12.9. The highest BCUT2D eigenvalue weighted by Gasteiger charge is 2.33. The minimum Gasteiger partial charge on any atom is -0.302 e. The van der Waals surface area contributed by atoms with Gasteiger partial charge < -0.3 is 5.32 Å². The van der Waals surface area contributed by atoms with E-state index in [1.807, 2.05) is 6.92 Å². The smallest absolute Gasteiger partial charge is 0.243 e. The molecule has 150 valence electrons. The Morgan fingerprint density at radius 3 is 2.68 bits per heavy atom. The van der Waals surface area contributed by atoms with Crippen LogP contribution in [0, 0.1) is 12.8 Å². The van der Waals surface area contributed by atoms with Gasteiger partial charge in [0.05, 0.1) is 16.5 Å². The van der Waals surface area contributed by atoms with Gasteiger partial charge in [0, 0.05) is 18.0 Å². The molecule has 1 amide bonds. The van der Waals surface area contributed by atoms with E-state index >= 15 is 0 Å². The zero-order chi connectivity index (χ0) is 19.7. The molecule has 28 heavy (non-hydrogen) atoms. The van der Waals surface area contributed by atoms with E-state index in [0.717, 1.165) is 30.5 Å². The fourth-order valence-electron chi connectivity index (χ4n) is 3.85. The number of carbonyl (C=O) groups is 1. The monoisotopic (exact) mass is 419 g/mol. The molecular formula is C20H25N3O3S2. The van der Waals surface area contributed by atoms with Crippen molar-refractivity contribution in [3.05, 3.63) is 40.4 Å². The Kier molecular flexibility index (Phi) is 5.53. The van der Waals surface area contributed by atoms with Crippen LogP contribution in [-0.4, -0.2) is 36.7 Å². The predicted octanol–water partition coefficient (Wildman–Crippen LogP) is 3.37. The lowest BCUT2D eigenvalue weighted by Crippen LogP contribution is -2.43. The molecule has 8 heteroatoms. The number of thiazole rings is 1. The van der Waals surface area contributed by atoms with Crippen molar-refractivity contribution < 1.29 is 13.2 Å². The maximum Gasteiger partial charge on any atom is 0.243 e. The third-order valence-corrected chi connectivity index (χ3v) is 8.44. The fraction of sp³-hybridized carbons (Fsp3) is 0.500. The summed E-state index contributed by atoms with van der Waals surface area (Å²) >= 11 is 1.56. The van der Waals surface area contributed by atoms with Gasteiger partial charge in [-0.05, 0) is 57.6 Å². The number of benzene rings is 1. The van der Waals surface area contributed by atoms with Crippen molar-refractivity contribution in [2.75, 3.05) is 18.4 Å². The van der Waals surface area contributed by atoms with Crippen molar-refractivity contribution in [1.82, 2.24) is 9.29 Å². The molecule has 1 aromatic carbocycles. The summed E-state index contributed by atoms with van der Waals surface area (Å²) in [6, 6.07) is 6.86. The Labute approximate surface area is 170 Å². The summed E-state index contributed by atoms with van der Waals surface area (Å²) in [5.41, 5.74) is 2.12. The molecule has 2 aliphatic rings. The number of aryl methyl sites for hydroxylation is 3. The number of aromatic nitrogens is 1. The number of sulfonamides is 1. The van der Waals surface area contributed by atoms with Gasteiger partial charge in [0.15, 0.2) is 5.13 Å². The number of piperidine rings is 1. The second kappa shape index (κ2) is 7.93. The van der Waals surface area contributed by atoms with Crippen LogP contribution >= 0.6 is 11.3 Å². The van der Waals surface area contributed by atoms with Crippen LogP contribution in [0.5, 0.6) is 0 Å². The number of nitrogens with one attached hydrogen (secondary N) is 1. The van der Waals surface area contributed by atoms with Crippen molar-refractivity contribution in [1.29, 1.82) is 0 Å². The van der Waals surface area contributed by atoms with Gasteiger partial charge in [-0.1, -0.05) is 17.7 Å². The number of rotatable bonds is 4. The Morgan fingerprint density at radius 1 is 1.18 bits per heavy atom. The van der Waals surface area contributed by atoms with Crippen LogP contribution in [-0.2, 0) is 27.7 Å². The number of hydrogen-bond donors (Lipinski definition) is 1. The lowest BCUT2D eigenvalue weighted by molar-refractivity contribution is -0.120. The van der Waals surface area contributed by atoms with Crippen LogP contribution in [0.3, 0.4) is 0 Å². The Morgan fingerprint density at radius 2 is 1.93 bits per heavy atom. The summed E-state index contributed by atoms with van der Waals surface area (Å²) in [6.07, 6.45) is 5.71. The first-order valence-electron chi connectivity index (χ1n) is 9.80. The second-order valence-corrected chi connectivity index (χ2v) is 10.6. The minimum atomic E-state index is -3.58. The largest absolute Gasteiger partial charge is 0.302 e. The first-order valence-corrected chi connectivity index (χ1v) is 12.1. The topological polar surface area (TPSA) is 79.4 Å². The number of anilines is 1. The van der Waals surface area contributed by atoms with Gasteiger partial charge in [0.2, 0.25) is 15.9 Å². The molecule has 0 spiro atoms. The van der Waals surface area contributed by atoms with Crippen LogP contribution in [0.2, 0.25) is 0 Å². The number of hydrogen-bond acceptors (Lipinski definition) is 5. The lowest BCUT2D eigenvalue weighted by Gasteiger charge is -2.31. The van der Waals surface area contributed by atoms with Gasteiger partial charge >= 0.3 is 0 Å². The van der Waals surface area contributed by atoms with Gasteiger partial charge in [0.25, 0.3) is 0 Å². The third kappa shape index (κ3) is 3.99. The standard InChI is InChI=1S/C20H25N3O3S2/c1-14-8-10-16(11-9-14)28(25,26)23-12-4-5-15(13-23)19(24)22-20-21-17-6-2-3-7-18(17)27-20/h8-11,15H,2-7,12-13H2,1H3,(H,21,22,24). The highest BCUT2D eigenvalue weighted by Crippen LogP contribution is 2.31. The summed E-state index contributed by atoms with van der Waals surface area (Å²) in [6.45, 7) is 2.59. The maximum atomic E-state index is 12.9. The van der Waals surface area contributed by atoms with Crippen molar-refractivity contribution in [3.63, 3.8) is 0 Å². The minimum absolute atomic E-state index is 0.130. The highest BCUT2D eigenvalue weighted by molar-refractivity contribution is 7.89. The second-order valence-electron chi connectivity index (χ2n) is 7.60. The van der Waals surface area contributed by atoms with Crippen LogP contribution in [0.4, 0.5) is 5.13 Å². The molecule has 2 aromatic rings. The van der Waals surface area contributed by atoms with Crippen molar-refractivity contribution >= 4 is 32.4 Å². The summed E-state index contributed by atoms with van der Waals surface area (Å²) in [4.78, 5) is 18.9.